The number of hydrogen-bond donors (Lipinski definition) is 0. The molecule has 4 aromatic rings. The molecule has 0 spiro atoms. The van der Waals surface area contributed by atoms with Crippen molar-refractivity contribution < 1.29 is 0 Å². The van der Waals surface area contributed by atoms with Crippen LogP contribution in [0.25, 0.3) is 10.8 Å². The van der Waals surface area contributed by atoms with E-state index < -0.39 is 0 Å². The summed E-state index contributed by atoms with van der Waals surface area (Å²) in [7, 11) is 0. The monoisotopic (exact) mass is 340 g/mol. The minimum atomic E-state index is 0.385. The molecule has 0 radical (unpaired) electrons. The fourth-order valence-corrected chi connectivity index (χ4v) is 4.49. The Morgan fingerprint density at radius 2 is 1.24 bits per heavy atom. The van der Waals surface area contributed by atoms with Gasteiger partial charge in [-0.1, -0.05) is 91.0 Å². The van der Waals surface area contributed by atoms with Gasteiger partial charge in [0.25, 0.3) is 0 Å². The summed E-state index contributed by atoms with van der Waals surface area (Å²) in [5.41, 5.74) is 2.79. The topological polar surface area (TPSA) is 0 Å². The Kier molecular flexibility index (Phi) is 4.85. The second kappa shape index (κ2) is 7.58. The fourth-order valence-electron chi connectivity index (χ4n) is 3.24. The van der Waals surface area contributed by atoms with Crippen LogP contribution in [-0.4, -0.2) is 0 Å². The van der Waals surface area contributed by atoms with E-state index in [0.29, 0.717) is 5.25 Å². The van der Waals surface area contributed by atoms with Crippen LogP contribution in [0, 0.1) is 0 Å². The van der Waals surface area contributed by atoms with Crippen LogP contribution in [-0.2, 0) is 6.42 Å². The molecule has 25 heavy (non-hydrogen) atoms. The van der Waals surface area contributed by atoms with Crippen LogP contribution < -0.4 is 0 Å². The van der Waals surface area contributed by atoms with Gasteiger partial charge in [-0.25, -0.2) is 0 Å². The van der Waals surface area contributed by atoms with E-state index in [1.54, 1.807) is 0 Å². The number of rotatable bonds is 5. The van der Waals surface area contributed by atoms with Crippen LogP contribution in [0.15, 0.2) is 108 Å². The predicted octanol–water partition coefficient (Wildman–Crippen LogP) is 6.92. The Balaban J connectivity index is 1.76. The molecule has 0 aliphatic rings. The van der Waals surface area contributed by atoms with Crippen molar-refractivity contribution >= 4 is 22.5 Å². The van der Waals surface area contributed by atoms with E-state index >= 15 is 0 Å². The summed E-state index contributed by atoms with van der Waals surface area (Å²) in [6.07, 6.45) is 1.02. The van der Waals surface area contributed by atoms with Gasteiger partial charge in [0.15, 0.2) is 0 Å². The van der Waals surface area contributed by atoms with Crippen molar-refractivity contribution in [2.24, 2.45) is 0 Å². The highest BCUT2D eigenvalue weighted by atomic mass is 32.2. The molecule has 0 saturated heterocycles. The van der Waals surface area contributed by atoms with Crippen molar-refractivity contribution in [3.05, 3.63) is 114 Å². The summed E-state index contributed by atoms with van der Waals surface area (Å²) in [5.74, 6) is 0. The molecule has 0 saturated carbocycles. The van der Waals surface area contributed by atoms with Gasteiger partial charge in [0.2, 0.25) is 0 Å². The van der Waals surface area contributed by atoms with E-state index in [-0.39, 0.29) is 0 Å². The molecule has 4 rings (SSSR count). The summed E-state index contributed by atoms with van der Waals surface area (Å²) in [5, 5.41) is 3.05. The molecule has 0 heterocycles. The second-order valence-electron chi connectivity index (χ2n) is 6.18. The van der Waals surface area contributed by atoms with Crippen LogP contribution in [0.2, 0.25) is 0 Å². The molecule has 0 aliphatic heterocycles. The minimum absolute atomic E-state index is 0.385. The first-order valence-electron chi connectivity index (χ1n) is 8.63. The lowest BCUT2D eigenvalue weighted by Crippen LogP contribution is -2.00. The Morgan fingerprint density at radius 3 is 2.04 bits per heavy atom. The van der Waals surface area contributed by atoms with Gasteiger partial charge in [-0.2, -0.15) is 0 Å². The zero-order chi connectivity index (χ0) is 16.9. The summed E-state index contributed by atoms with van der Waals surface area (Å²) < 4.78 is 0. The SMILES string of the molecule is c1ccc(CC(Sc2ccccc2)c2cccc3ccccc23)cc1. The van der Waals surface area contributed by atoms with E-state index in [1.807, 2.05) is 11.8 Å². The lowest BCUT2D eigenvalue weighted by Gasteiger charge is -2.19. The summed E-state index contributed by atoms with van der Waals surface area (Å²) in [6.45, 7) is 0. The van der Waals surface area contributed by atoms with Crippen LogP contribution in [0.1, 0.15) is 16.4 Å². The zero-order valence-electron chi connectivity index (χ0n) is 14.0. The first-order chi connectivity index (χ1) is 12.4. The molecule has 1 unspecified atom stereocenters. The highest BCUT2D eigenvalue weighted by Gasteiger charge is 2.16. The van der Waals surface area contributed by atoms with Gasteiger partial charge in [-0.15, -0.1) is 11.8 Å². The van der Waals surface area contributed by atoms with E-state index in [2.05, 4.69) is 103 Å². The maximum atomic E-state index is 2.28. The molecule has 0 nitrogen and oxygen atoms in total. The predicted molar refractivity (Wildman–Crippen MR) is 109 cm³/mol. The normalized spacial score (nSPS) is 12.2. The molecule has 0 fully saturated rings. The molecule has 0 amide bonds. The molecular weight excluding hydrogens is 320 g/mol. The van der Waals surface area contributed by atoms with Crippen molar-refractivity contribution in [2.45, 2.75) is 16.6 Å². The van der Waals surface area contributed by atoms with Crippen molar-refractivity contribution in [3.8, 4) is 0 Å². The summed E-state index contributed by atoms with van der Waals surface area (Å²) >= 11 is 1.95. The molecule has 122 valence electrons. The fraction of sp³-hybridized carbons (Fsp3) is 0.0833. The number of thioether (sulfide) groups is 1. The number of benzene rings is 4. The average molecular weight is 340 g/mol. The van der Waals surface area contributed by atoms with E-state index in [4.69, 9.17) is 0 Å². The largest absolute Gasteiger partial charge is 0.118 e. The van der Waals surface area contributed by atoms with Crippen molar-refractivity contribution in [1.82, 2.24) is 0 Å². The van der Waals surface area contributed by atoms with Crippen LogP contribution in [0.3, 0.4) is 0 Å². The van der Waals surface area contributed by atoms with Gasteiger partial charge < -0.3 is 0 Å². The molecular formula is C24H20S. The molecule has 0 aliphatic carbocycles. The van der Waals surface area contributed by atoms with Gasteiger partial charge in [-0.05, 0) is 40.5 Å². The van der Waals surface area contributed by atoms with E-state index in [1.165, 1.54) is 26.8 Å². The molecule has 1 atom stereocenters. The quantitative estimate of drug-likeness (QED) is 0.355. The Labute approximate surface area is 153 Å². The third-order valence-electron chi connectivity index (χ3n) is 4.46. The Morgan fingerprint density at radius 1 is 0.600 bits per heavy atom. The van der Waals surface area contributed by atoms with E-state index in [9.17, 15) is 0 Å². The highest BCUT2D eigenvalue weighted by molar-refractivity contribution is 7.99. The molecule has 0 N–H and O–H groups in total. The van der Waals surface area contributed by atoms with Gasteiger partial charge in [0.05, 0.1) is 0 Å². The highest BCUT2D eigenvalue weighted by Crippen LogP contribution is 2.40. The third-order valence-corrected chi connectivity index (χ3v) is 5.71. The second-order valence-corrected chi connectivity index (χ2v) is 7.45. The molecule has 4 aromatic carbocycles. The summed E-state index contributed by atoms with van der Waals surface area (Å²) in [4.78, 5) is 1.32. The molecule has 0 aromatic heterocycles. The van der Waals surface area contributed by atoms with Crippen molar-refractivity contribution in [2.75, 3.05) is 0 Å². The van der Waals surface area contributed by atoms with Gasteiger partial charge in [-0.3, -0.25) is 0 Å². The van der Waals surface area contributed by atoms with Crippen molar-refractivity contribution in [3.63, 3.8) is 0 Å². The van der Waals surface area contributed by atoms with Gasteiger partial charge in [0.1, 0.15) is 0 Å². The maximum Gasteiger partial charge on any atom is 0.0390 e. The van der Waals surface area contributed by atoms with Gasteiger partial charge >= 0.3 is 0 Å². The zero-order valence-corrected chi connectivity index (χ0v) is 14.8. The maximum absolute atomic E-state index is 2.28. The smallest absolute Gasteiger partial charge is 0.0390 e. The minimum Gasteiger partial charge on any atom is -0.118 e. The van der Waals surface area contributed by atoms with Crippen LogP contribution in [0.4, 0.5) is 0 Å². The molecule has 0 bridgehead atoms. The third kappa shape index (κ3) is 3.78. The average Bonchev–Trinajstić information content (AvgIpc) is 2.69. The van der Waals surface area contributed by atoms with Crippen LogP contribution in [0.5, 0.6) is 0 Å². The first kappa shape index (κ1) is 16.0. The number of fused-ring (bicyclic) bond motifs is 1. The first-order valence-corrected chi connectivity index (χ1v) is 9.51. The summed E-state index contributed by atoms with van der Waals surface area (Å²) in [6, 6.07) is 36.9. The van der Waals surface area contributed by atoms with Crippen LogP contribution >= 0.6 is 11.8 Å². The van der Waals surface area contributed by atoms with E-state index in [0.717, 1.165) is 6.42 Å². The standard InChI is InChI=1S/C24H20S/c1-3-10-19(11-4-1)18-24(25-21-14-5-2-6-15-21)23-17-9-13-20-12-7-8-16-22(20)23/h1-17,24H,18H2. The number of hydrogen-bond acceptors (Lipinski definition) is 1. The van der Waals surface area contributed by atoms with Gasteiger partial charge in [0, 0.05) is 10.1 Å². The molecule has 1 heteroatoms. The Hall–Kier alpha value is -2.51. The lowest BCUT2D eigenvalue weighted by atomic mass is 9.98. The van der Waals surface area contributed by atoms with Crippen molar-refractivity contribution in [1.29, 1.82) is 0 Å². The lowest BCUT2D eigenvalue weighted by molar-refractivity contribution is 0.939. The Bertz CT molecular complexity index is 898.